The summed E-state index contributed by atoms with van der Waals surface area (Å²) in [5.41, 5.74) is 0.813. The standard InChI is InChI=1S/C15H19NO3S/c17-14(16-12-4-2-1-3-5-12)10-20-13-8-6-11(7-9-13)15(18)19/h1-5,11,13H,6-10H2,(H,16,17)(H,18,19). The normalized spacial score (nSPS) is 22.2. The second-order valence-electron chi connectivity index (χ2n) is 5.04. The van der Waals surface area contributed by atoms with Crippen molar-refractivity contribution >= 4 is 29.3 Å². The highest BCUT2D eigenvalue weighted by Gasteiger charge is 2.26. The molecule has 0 aromatic heterocycles. The van der Waals surface area contributed by atoms with E-state index < -0.39 is 5.97 Å². The number of hydrogen-bond donors (Lipinski definition) is 2. The van der Waals surface area contributed by atoms with E-state index >= 15 is 0 Å². The summed E-state index contributed by atoms with van der Waals surface area (Å²) in [5.74, 6) is -0.445. The Kier molecular flexibility index (Phi) is 5.47. The average Bonchev–Trinajstić information content (AvgIpc) is 2.46. The molecule has 4 nitrogen and oxygen atoms in total. The van der Waals surface area contributed by atoms with Crippen LogP contribution < -0.4 is 5.32 Å². The van der Waals surface area contributed by atoms with Crippen LogP contribution in [0.4, 0.5) is 5.69 Å². The Balaban J connectivity index is 1.68. The zero-order valence-electron chi connectivity index (χ0n) is 11.2. The van der Waals surface area contributed by atoms with Crippen LogP contribution in [0, 0.1) is 5.92 Å². The highest BCUT2D eigenvalue weighted by atomic mass is 32.2. The van der Waals surface area contributed by atoms with E-state index in [1.54, 1.807) is 11.8 Å². The topological polar surface area (TPSA) is 66.4 Å². The number of nitrogens with one attached hydrogen (secondary N) is 1. The molecule has 1 fully saturated rings. The Morgan fingerprint density at radius 1 is 1.15 bits per heavy atom. The first kappa shape index (κ1) is 14.9. The molecular weight excluding hydrogens is 274 g/mol. The molecular formula is C15H19NO3S. The number of carbonyl (C=O) groups is 2. The summed E-state index contributed by atoms with van der Waals surface area (Å²) in [6.45, 7) is 0. The van der Waals surface area contributed by atoms with Gasteiger partial charge in [0.15, 0.2) is 0 Å². The number of hydrogen-bond acceptors (Lipinski definition) is 3. The molecule has 20 heavy (non-hydrogen) atoms. The SMILES string of the molecule is O=C(CSC1CCC(C(=O)O)CC1)Nc1ccccc1. The first-order valence-electron chi connectivity index (χ1n) is 6.84. The molecule has 0 unspecified atom stereocenters. The van der Waals surface area contributed by atoms with E-state index in [1.807, 2.05) is 30.3 Å². The first-order chi connectivity index (χ1) is 9.65. The van der Waals surface area contributed by atoms with Crippen LogP contribution in [0.15, 0.2) is 30.3 Å². The third-order valence-corrected chi connectivity index (χ3v) is 4.90. The van der Waals surface area contributed by atoms with E-state index in [1.165, 1.54) is 0 Å². The summed E-state index contributed by atoms with van der Waals surface area (Å²) >= 11 is 1.63. The van der Waals surface area contributed by atoms with Gasteiger partial charge in [-0.1, -0.05) is 18.2 Å². The summed E-state index contributed by atoms with van der Waals surface area (Å²) in [7, 11) is 0. The van der Waals surface area contributed by atoms with Gasteiger partial charge < -0.3 is 10.4 Å². The van der Waals surface area contributed by atoms with Gasteiger partial charge in [0.05, 0.1) is 11.7 Å². The molecule has 0 saturated heterocycles. The second kappa shape index (κ2) is 7.33. The molecule has 1 aromatic rings. The lowest BCUT2D eigenvalue weighted by Crippen LogP contribution is -2.24. The van der Waals surface area contributed by atoms with Crippen LogP contribution in [0.5, 0.6) is 0 Å². The molecule has 0 heterocycles. The van der Waals surface area contributed by atoms with Crippen LogP contribution in [0.1, 0.15) is 25.7 Å². The number of amides is 1. The minimum atomic E-state index is -0.685. The number of anilines is 1. The van der Waals surface area contributed by atoms with Crippen molar-refractivity contribution < 1.29 is 14.7 Å². The molecule has 0 atom stereocenters. The fourth-order valence-corrected chi connectivity index (χ4v) is 3.45. The molecule has 0 radical (unpaired) electrons. The Bertz CT molecular complexity index is 455. The lowest BCUT2D eigenvalue weighted by Gasteiger charge is -2.25. The van der Waals surface area contributed by atoms with Gasteiger partial charge in [0.1, 0.15) is 0 Å². The summed E-state index contributed by atoms with van der Waals surface area (Å²) in [6, 6.07) is 9.40. The van der Waals surface area contributed by atoms with Gasteiger partial charge in [-0.25, -0.2) is 0 Å². The minimum Gasteiger partial charge on any atom is -0.481 e. The summed E-state index contributed by atoms with van der Waals surface area (Å²) in [4.78, 5) is 22.7. The monoisotopic (exact) mass is 293 g/mol. The fourth-order valence-electron chi connectivity index (χ4n) is 2.39. The largest absolute Gasteiger partial charge is 0.481 e. The van der Waals surface area contributed by atoms with Crippen LogP contribution in [0.2, 0.25) is 0 Å². The van der Waals surface area contributed by atoms with Crippen LogP contribution in [0.25, 0.3) is 0 Å². The van der Waals surface area contributed by atoms with Crippen molar-refractivity contribution in [1.82, 2.24) is 0 Å². The third-order valence-electron chi connectivity index (χ3n) is 3.53. The van der Waals surface area contributed by atoms with E-state index in [2.05, 4.69) is 5.32 Å². The molecule has 1 aliphatic rings. The molecule has 2 N–H and O–H groups in total. The third kappa shape index (κ3) is 4.56. The zero-order chi connectivity index (χ0) is 14.4. The average molecular weight is 293 g/mol. The molecule has 1 aliphatic carbocycles. The molecule has 0 bridgehead atoms. The highest BCUT2D eigenvalue weighted by molar-refractivity contribution is 8.00. The van der Waals surface area contributed by atoms with Gasteiger partial charge >= 0.3 is 5.97 Å². The Morgan fingerprint density at radius 3 is 2.40 bits per heavy atom. The van der Waals surface area contributed by atoms with E-state index in [0.717, 1.165) is 31.4 Å². The van der Waals surface area contributed by atoms with Crippen LogP contribution in [-0.4, -0.2) is 28.0 Å². The van der Waals surface area contributed by atoms with Crippen LogP contribution in [0.3, 0.4) is 0 Å². The number of benzene rings is 1. The summed E-state index contributed by atoms with van der Waals surface area (Å²) < 4.78 is 0. The maximum Gasteiger partial charge on any atom is 0.306 e. The molecule has 2 rings (SSSR count). The van der Waals surface area contributed by atoms with Crippen molar-refractivity contribution in [2.24, 2.45) is 5.92 Å². The number of carbonyl (C=O) groups excluding carboxylic acids is 1. The smallest absolute Gasteiger partial charge is 0.306 e. The molecule has 5 heteroatoms. The predicted octanol–water partition coefficient (Wildman–Crippen LogP) is 3.00. The molecule has 1 aromatic carbocycles. The van der Waals surface area contributed by atoms with Crippen LogP contribution >= 0.6 is 11.8 Å². The fraction of sp³-hybridized carbons (Fsp3) is 0.467. The van der Waals surface area contributed by atoms with Gasteiger partial charge in [0.25, 0.3) is 0 Å². The van der Waals surface area contributed by atoms with Crippen molar-refractivity contribution in [2.75, 3.05) is 11.1 Å². The molecule has 0 spiro atoms. The van der Waals surface area contributed by atoms with E-state index in [9.17, 15) is 9.59 Å². The van der Waals surface area contributed by atoms with Crippen molar-refractivity contribution in [3.63, 3.8) is 0 Å². The summed E-state index contributed by atoms with van der Waals surface area (Å²) in [6.07, 6.45) is 3.24. The first-order valence-corrected chi connectivity index (χ1v) is 7.89. The molecule has 1 saturated carbocycles. The van der Waals surface area contributed by atoms with Gasteiger partial charge in [-0.3, -0.25) is 9.59 Å². The number of rotatable bonds is 5. The summed E-state index contributed by atoms with van der Waals surface area (Å²) in [5, 5.41) is 12.2. The van der Waals surface area contributed by atoms with Crippen molar-refractivity contribution in [3.8, 4) is 0 Å². The molecule has 1 amide bonds. The lowest BCUT2D eigenvalue weighted by atomic mass is 9.89. The zero-order valence-corrected chi connectivity index (χ0v) is 12.1. The highest BCUT2D eigenvalue weighted by Crippen LogP contribution is 2.32. The molecule has 0 aliphatic heterocycles. The van der Waals surface area contributed by atoms with Gasteiger partial charge in [-0.15, -0.1) is 11.8 Å². The van der Waals surface area contributed by atoms with Gasteiger partial charge in [-0.05, 0) is 37.8 Å². The van der Waals surface area contributed by atoms with Gasteiger partial charge in [-0.2, -0.15) is 0 Å². The van der Waals surface area contributed by atoms with E-state index in [-0.39, 0.29) is 11.8 Å². The quantitative estimate of drug-likeness (QED) is 0.876. The Morgan fingerprint density at radius 2 is 1.80 bits per heavy atom. The number of para-hydroxylation sites is 1. The Labute approximate surface area is 123 Å². The maximum atomic E-state index is 11.8. The lowest BCUT2D eigenvalue weighted by molar-refractivity contribution is -0.142. The van der Waals surface area contributed by atoms with Crippen LogP contribution in [-0.2, 0) is 9.59 Å². The number of carboxylic acids is 1. The molecule has 108 valence electrons. The Hall–Kier alpha value is -1.49. The predicted molar refractivity (Wildman–Crippen MR) is 80.9 cm³/mol. The van der Waals surface area contributed by atoms with E-state index in [0.29, 0.717) is 11.0 Å². The second-order valence-corrected chi connectivity index (χ2v) is 6.33. The maximum absolute atomic E-state index is 11.8. The number of aliphatic carboxylic acids is 1. The minimum absolute atomic E-state index is 0.00144. The van der Waals surface area contributed by atoms with E-state index in [4.69, 9.17) is 5.11 Å². The van der Waals surface area contributed by atoms with Crippen molar-refractivity contribution in [1.29, 1.82) is 0 Å². The number of thioether (sulfide) groups is 1. The number of carboxylic acid groups (broad SMARTS) is 1. The van der Waals surface area contributed by atoms with Crippen molar-refractivity contribution in [3.05, 3.63) is 30.3 Å². The van der Waals surface area contributed by atoms with Crippen molar-refractivity contribution in [2.45, 2.75) is 30.9 Å². The van der Waals surface area contributed by atoms with Gasteiger partial charge in [0.2, 0.25) is 5.91 Å². The van der Waals surface area contributed by atoms with Gasteiger partial charge in [0, 0.05) is 10.9 Å².